The van der Waals surface area contributed by atoms with E-state index < -0.39 is 0 Å². The van der Waals surface area contributed by atoms with Crippen molar-refractivity contribution in [1.82, 2.24) is 9.55 Å². The number of hydrogen-bond donors (Lipinski definition) is 0. The molecule has 10 aromatic rings. The van der Waals surface area contributed by atoms with E-state index in [0.717, 1.165) is 22.5 Å². The van der Waals surface area contributed by atoms with Crippen LogP contribution in [-0.2, 0) is 5.21 Å². The molecule has 0 aliphatic carbocycles. The Morgan fingerprint density at radius 2 is 0.891 bits per heavy atom. The summed E-state index contributed by atoms with van der Waals surface area (Å²) in [5.41, 5.74) is 21.8. The van der Waals surface area contributed by atoms with Crippen LogP contribution in [0.15, 0.2) is 127 Å². The highest BCUT2D eigenvalue weighted by Gasteiger charge is 2.38. The number of para-hydroxylation sites is 2. The van der Waals surface area contributed by atoms with Crippen LogP contribution >= 0.6 is 0 Å². The molecule has 0 N–H and O–H groups in total. The van der Waals surface area contributed by atoms with E-state index in [-0.39, 0.29) is 10.3 Å². The predicted molar refractivity (Wildman–Crippen MR) is 320 cm³/mol. The van der Waals surface area contributed by atoms with E-state index in [1.165, 1.54) is 120 Å². The molecular formula is C49H47B13N2. The molecule has 9 aromatic carbocycles. The Kier molecular flexibility index (Phi) is 10.1. The number of imidazole rings is 1. The third-order valence-corrected chi connectivity index (χ3v) is 16.0. The van der Waals surface area contributed by atoms with Crippen LogP contribution in [0.4, 0.5) is 0 Å². The monoisotopic (exact) mass is 806 g/mol. The number of fused-ring (bicyclic) bond motifs is 6. The Labute approximate surface area is 389 Å². The van der Waals surface area contributed by atoms with Gasteiger partial charge >= 0.3 is 0 Å². The lowest BCUT2D eigenvalue weighted by Crippen LogP contribution is -2.50. The fourth-order valence-corrected chi connectivity index (χ4v) is 10.7. The molecule has 0 amide bonds. The molecule has 0 aliphatic rings. The van der Waals surface area contributed by atoms with Gasteiger partial charge in [-0.15, -0.1) is 27.0 Å². The third kappa shape index (κ3) is 6.23. The third-order valence-electron chi connectivity index (χ3n) is 16.0. The normalized spacial score (nSPS) is 12.2. The van der Waals surface area contributed by atoms with E-state index >= 15 is 0 Å². The molecule has 1 heterocycles. The molecule has 0 saturated carbocycles. The van der Waals surface area contributed by atoms with E-state index in [1.54, 1.807) is 0 Å². The number of aromatic nitrogens is 2. The molecule has 15 heteroatoms. The van der Waals surface area contributed by atoms with Crippen molar-refractivity contribution in [3.8, 4) is 39.1 Å². The van der Waals surface area contributed by atoms with Gasteiger partial charge in [0, 0.05) is 5.69 Å². The minimum atomic E-state index is -0.200. The highest BCUT2D eigenvalue weighted by molar-refractivity contribution is 6.71. The summed E-state index contributed by atoms with van der Waals surface area (Å²) in [5, 5.41) is 10.4. The van der Waals surface area contributed by atoms with Crippen LogP contribution in [0.5, 0.6) is 0 Å². The van der Waals surface area contributed by atoms with E-state index in [1.807, 2.05) is 0 Å². The van der Waals surface area contributed by atoms with Crippen LogP contribution in [0.1, 0.15) is 5.82 Å². The number of nitrogens with zero attached hydrogens (tertiary/aromatic N) is 2. The minimum absolute atomic E-state index is 0.0126. The van der Waals surface area contributed by atoms with Crippen LogP contribution in [0.2, 0.25) is 5.11 Å². The SMILES string of the molecule is Bc1c(B)c(B)c2c(-c3cc4ccccc4c4ccccc34)c3c(B)c(B)c(B)c(B)c3c(-c3cccc(-c4cccc(-n5c(C(B)(B)C(B)(B)B)nc6ccccc65)c4)c3)c2c1B. The second kappa shape index (κ2) is 15.2. The van der Waals surface area contributed by atoms with Crippen LogP contribution in [0.25, 0.3) is 93.2 Å². The maximum Gasteiger partial charge on any atom is 0.139 e. The van der Waals surface area contributed by atoms with Gasteiger partial charge in [0.15, 0.2) is 0 Å². The Morgan fingerprint density at radius 1 is 0.406 bits per heavy atom. The van der Waals surface area contributed by atoms with Crippen molar-refractivity contribution in [1.29, 1.82) is 0 Å². The zero-order valence-electron chi connectivity index (χ0n) is 40.0. The summed E-state index contributed by atoms with van der Waals surface area (Å²) in [4.78, 5) is 5.32. The van der Waals surface area contributed by atoms with Crippen molar-refractivity contribution in [2.75, 3.05) is 0 Å². The van der Waals surface area contributed by atoms with Crippen LogP contribution in [0, 0.1) is 0 Å². The van der Waals surface area contributed by atoms with Crippen molar-refractivity contribution in [2.24, 2.45) is 0 Å². The lowest BCUT2D eigenvalue weighted by atomic mass is 9.23. The maximum absolute atomic E-state index is 5.32. The van der Waals surface area contributed by atoms with Crippen molar-refractivity contribution in [3.63, 3.8) is 0 Å². The van der Waals surface area contributed by atoms with E-state index in [0.29, 0.717) is 0 Å². The zero-order chi connectivity index (χ0) is 45.1. The van der Waals surface area contributed by atoms with Crippen LogP contribution in [0.3, 0.4) is 0 Å². The quantitative estimate of drug-likeness (QED) is 0.0933. The summed E-state index contributed by atoms with van der Waals surface area (Å²) in [7, 11) is 30.4. The molecule has 0 fully saturated rings. The molecule has 2 nitrogen and oxygen atoms in total. The van der Waals surface area contributed by atoms with Gasteiger partial charge < -0.3 is 0 Å². The van der Waals surface area contributed by atoms with Gasteiger partial charge in [0.25, 0.3) is 0 Å². The first kappa shape index (κ1) is 42.3. The second-order valence-electron chi connectivity index (χ2n) is 20.2. The first-order valence-corrected chi connectivity index (χ1v) is 23.1. The van der Waals surface area contributed by atoms with E-state index in [9.17, 15) is 0 Å². The van der Waals surface area contributed by atoms with Gasteiger partial charge in [-0.25, -0.2) is 4.98 Å². The molecule has 1 aromatic heterocycles. The summed E-state index contributed by atoms with van der Waals surface area (Å²) in [6.45, 7) is 0. The molecule has 0 radical (unpaired) electrons. The predicted octanol–water partition coefficient (Wildman–Crippen LogP) is -5.90. The van der Waals surface area contributed by atoms with Crippen molar-refractivity contribution < 1.29 is 0 Å². The average molecular weight is 804 g/mol. The molecule has 0 atom stereocenters. The topological polar surface area (TPSA) is 17.8 Å². The van der Waals surface area contributed by atoms with Crippen LogP contribution < -0.4 is 43.7 Å². The van der Waals surface area contributed by atoms with Crippen molar-refractivity contribution in [3.05, 3.63) is 133 Å². The summed E-state index contributed by atoms with van der Waals surface area (Å²) >= 11 is 0. The zero-order valence-corrected chi connectivity index (χ0v) is 40.0. The minimum Gasteiger partial charge on any atom is -0.297 e. The number of hydrogen-bond acceptors (Lipinski definition) is 1. The number of benzene rings is 9. The summed E-state index contributed by atoms with van der Waals surface area (Å²) in [5.74, 6) is 1.08. The van der Waals surface area contributed by atoms with Crippen LogP contribution in [-0.4, -0.2) is 112 Å². The first-order chi connectivity index (χ1) is 30.5. The average Bonchev–Trinajstić information content (AvgIpc) is 3.70. The second-order valence-corrected chi connectivity index (χ2v) is 20.2. The van der Waals surface area contributed by atoms with Gasteiger partial charge in [-0.1, -0.05) is 113 Å². The number of rotatable bonds is 6. The van der Waals surface area contributed by atoms with Gasteiger partial charge in [-0.2, -0.15) is 0 Å². The Bertz CT molecular complexity index is 3550. The van der Waals surface area contributed by atoms with Gasteiger partial charge in [0.05, 0.1) is 34.6 Å². The fraction of sp³-hybridized carbons (Fsp3) is 0.0408. The highest BCUT2D eigenvalue weighted by Crippen LogP contribution is 2.45. The Balaban J connectivity index is 1.30. The summed E-state index contributed by atoms with van der Waals surface area (Å²) in [6.07, 6.45) is 0. The molecule has 0 saturated heterocycles. The fourth-order valence-electron chi connectivity index (χ4n) is 10.7. The van der Waals surface area contributed by atoms with E-state index in [4.69, 9.17) is 4.98 Å². The molecule has 0 bridgehead atoms. The standard InChI is InChI=1S/C49H47B13N2/c50-39-35-33(25-12-7-10-22(19-25)23-11-8-13-26(20-23)64-32-18-6-5-17-31(32)63-47(64)48(58,59)49(60,61)62)36-38(42(53)46(57)44(55)40(36)51)34(37(35)41(52)45(56)43(39)54)30-21-24-9-1-2-14-27(24)28-15-3-4-16-29(28)30/h1-21H,50-62H2. The molecule has 10 rings (SSSR count). The van der Waals surface area contributed by atoms with Crippen molar-refractivity contribution in [2.45, 2.75) is 10.3 Å². The molecule has 292 valence electrons. The molecule has 64 heavy (non-hydrogen) atoms. The molecular weight excluding hydrogens is 757 g/mol. The Morgan fingerprint density at radius 3 is 1.50 bits per heavy atom. The first-order valence-electron chi connectivity index (χ1n) is 23.1. The lowest BCUT2D eigenvalue weighted by molar-refractivity contribution is 0.757. The highest BCUT2D eigenvalue weighted by atomic mass is 15.1. The van der Waals surface area contributed by atoms with Gasteiger partial charge in [-0.3, -0.25) is 4.57 Å². The largest absolute Gasteiger partial charge is 0.297 e. The Hall–Kier alpha value is -5.67. The van der Waals surface area contributed by atoms with Gasteiger partial charge in [0.2, 0.25) is 0 Å². The van der Waals surface area contributed by atoms with E-state index in [2.05, 4.69) is 234 Å². The maximum atomic E-state index is 5.32. The lowest BCUT2D eigenvalue weighted by Gasteiger charge is -2.39. The van der Waals surface area contributed by atoms with Crippen molar-refractivity contribution >= 4 is 200 Å². The summed E-state index contributed by atoms with van der Waals surface area (Å²) in [6, 6.07) is 47.5. The van der Waals surface area contributed by atoms with Gasteiger partial charge in [-0.05, 0) is 118 Å². The van der Waals surface area contributed by atoms with Gasteiger partial charge in [0.1, 0.15) is 84.3 Å². The summed E-state index contributed by atoms with van der Waals surface area (Å²) < 4.78 is 2.40. The molecule has 0 unspecified atom stereocenters. The smallest absolute Gasteiger partial charge is 0.139 e. The molecule has 0 spiro atoms. The molecule has 0 aliphatic heterocycles.